The number of nitrogens with zero attached hydrogens (tertiary/aromatic N) is 4. The molecule has 0 saturated carbocycles. The standard InChI is InChI=1S/C18H19N5O2/c1-13-4-2-3-5-16(13)17(24)11-19-18(25)10-14-6-8-15(9-7-14)23-12-20-21-22-23/h2-9,12,17,24H,10-11H2,1H3,(H,19,25). The molecule has 7 nitrogen and oxygen atoms in total. The molecule has 0 bridgehead atoms. The van der Waals surface area contributed by atoms with Gasteiger partial charge in [-0.3, -0.25) is 4.79 Å². The van der Waals surface area contributed by atoms with Gasteiger partial charge in [0.2, 0.25) is 5.91 Å². The van der Waals surface area contributed by atoms with E-state index in [1.165, 1.54) is 6.33 Å². The van der Waals surface area contributed by atoms with E-state index in [9.17, 15) is 9.90 Å². The van der Waals surface area contributed by atoms with Gasteiger partial charge in [-0.25, -0.2) is 4.68 Å². The summed E-state index contributed by atoms with van der Waals surface area (Å²) in [6.45, 7) is 2.12. The number of carbonyl (C=O) groups is 1. The van der Waals surface area contributed by atoms with Crippen molar-refractivity contribution in [2.24, 2.45) is 0 Å². The fourth-order valence-electron chi connectivity index (χ4n) is 2.58. The van der Waals surface area contributed by atoms with Crippen LogP contribution < -0.4 is 5.32 Å². The monoisotopic (exact) mass is 337 g/mol. The molecule has 7 heteroatoms. The molecular formula is C18H19N5O2. The number of hydrogen-bond acceptors (Lipinski definition) is 5. The number of carbonyl (C=O) groups excluding carboxylic acids is 1. The predicted octanol–water partition coefficient (Wildman–Crippen LogP) is 1.36. The van der Waals surface area contributed by atoms with Crippen LogP contribution in [0.2, 0.25) is 0 Å². The first-order valence-electron chi connectivity index (χ1n) is 7.96. The third-order valence-electron chi connectivity index (χ3n) is 3.95. The summed E-state index contributed by atoms with van der Waals surface area (Å²) < 4.78 is 1.54. The molecule has 2 N–H and O–H groups in total. The maximum absolute atomic E-state index is 12.1. The summed E-state index contributed by atoms with van der Waals surface area (Å²) in [5.74, 6) is -0.136. The second kappa shape index (κ2) is 7.67. The molecule has 3 aromatic rings. The van der Waals surface area contributed by atoms with Crippen molar-refractivity contribution in [3.05, 3.63) is 71.5 Å². The van der Waals surface area contributed by atoms with Gasteiger partial charge in [0, 0.05) is 6.54 Å². The lowest BCUT2D eigenvalue weighted by Gasteiger charge is -2.14. The van der Waals surface area contributed by atoms with Crippen molar-refractivity contribution in [3.8, 4) is 5.69 Å². The number of rotatable bonds is 6. The van der Waals surface area contributed by atoms with Gasteiger partial charge in [0.15, 0.2) is 0 Å². The van der Waals surface area contributed by atoms with Crippen LogP contribution in [0, 0.1) is 6.92 Å². The first-order valence-corrected chi connectivity index (χ1v) is 7.96. The molecule has 128 valence electrons. The summed E-state index contributed by atoms with van der Waals surface area (Å²) in [7, 11) is 0. The molecule has 0 spiro atoms. The first kappa shape index (κ1) is 16.8. The highest BCUT2D eigenvalue weighted by atomic mass is 16.3. The molecule has 0 fully saturated rings. The summed E-state index contributed by atoms with van der Waals surface area (Å²) in [4.78, 5) is 12.1. The molecule has 0 radical (unpaired) electrons. The second-order valence-corrected chi connectivity index (χ2v) is 5.77. The minimum atomic E-state index is -0.715. The van der Waals surface area contributed by atoms with E-state index in [1.54, 1.807) is 4.68 Å². The zero-order chi connectivity index (χ0) is 17.6. The lowest BCUT2D eigenvalue weighted by atomic mass is 10.0. The van der Waals surface area contributed by atoms with Crippen molar-refractivity contribution in [1.82, 2.24) is 25.5 Å². The van der Waals surface area contributed by atoms with Crippen LogP contribution in [0.5, 0.6) is 0 Å². The zero-order valence-corrected chi connectivity index (χ0v) is 13.8. The van der Waals surface area contributed by atoms with Crippen molar-refractivity contribution in [2.45, 2.75) is 19.4 Å². The first-order chi connectivity index (χ1) is 12.1. The highest BCUT2D eigenvalue weighted by Gasteiger charge is 2.12. The van der Waals surface area contributed by atoms with Gasteiger partial charge in [-0.1, -0.05) is 36.4 Å². The maximum Gasteiger partial charge on any atom is 0.224 e. The van der Waals surface area contributed by atoms with Crippen molar-refractivity contribution in [3.63, 3.8) is 0 Å². The van der Waals surface area contributed by atoms with Gasteiger partial charge in [0.05, 0.1) is 18.2 Å². The van der Waals surface area contributed by atoms with Gasteiger partial charge in [-0.2, -0.15) is 0 Å². The molecule has 0 saturated heterocycles. The number of nitrogens with one attached hydrogen (secondary N) is 1. The average Bonchev–Trinajstić information content (AvgIpc) is 3.15. The maximum atomic E-state index is 12.1. The predicted molar refractivity (Wildman–Crippen MR) is 92.0 cm³/mol. The van der Waals surface area contributed by atoms with Crippen molar-refractivity contribution in [2.75, 3.05) is 6.54 Å². The summed E-state index contributed by atoms with van der Waals surface area (Å²) in [5.41, 5.74) is 3.53. The highest BCUT2D eigenvalue weighted by Crippen LogP contribution is 2.16. The highest BCUT2D eigenvalue weighted by molar-refractivity contribution is 5.78. The average molecular weight is 337 g/mol. The molecule has 2 aromatic carbocycles. The number of aromatic nitrogens is 4. The summed E-state index contributed by atoms with van der Waals surface area (Å²) >= 11 is 0. The molecule has 25 heavy (non-hydrogen) atoms. The minimum Gasteiger partial charge on any atom is -0.387 e. The van der Waals surface area contributed by atoms with Crippen LogP contribution >= 0.6 is 0 Å². The zero-order valence-electron chi connectivity index (χ0n) is 13.8. The van der Waals surface area contributed by atoms with E-state index in [0.29, 0.717) is 0 Å². The van der Waals surface area contributed by atoms with Crippen LogP contribution in [0.25, 0.3) is 5.69 Å². The normalized spacial score (nSPS) is 11.9. The Hall–Kier alpha value is -3.06. The van der Waals surface area contributed by atoms with Gasteiger partial charge in [0.25, 0.3) is 0 Å². The Morgan fingerprint density at radius 1 is 1.20 bits per heavy atom. The van der Waals surface area contributed by atoms with E-state index >= 15 is 0 Å². The Bertz CT molecular complexity index is 831. The van der Waals surface area contributed by atoms with Crippen LogP contribution in [-0.2, 0) is 11.2 Å². The van der Waals surface area contributed by atoms with Crippen molar-refractivity contribution < 1.29 is 9.90 Å². The second-order valence-electron chi connectivity index (χ2n) is 5.77. The van der Waals surface area contributed by atoms with Crippen LogP contribution in [0.15, 0.2) is 54.9 Å². The lowest BCUT2D eigenvalue weighted by molar-refractivity contribution is -0.120. The van der Waals surface area contributed by atoms with Gasteiger partial charge in [-0.15, -0.1) is 5.10 Å². The van der Waals surface area contributed by atoms with Gasteiger partial charge in [0.1, 0.15) is 6.33 Å². The van der Waals surface area contributed by atoms with Crippen molar-refractivity contribution >= 4 is 5.91 Å². The fourth-order valence-corrected chi connectivity index (χ4v) is 2.58. The Morgan fingerprint density at radius 3 is 2.64 bits per heavy atom. The third-order valence-corrected chi connectivity index (χ3v) is 3.95. The van der Waals surface area contributed by atoms with E-state index in [0.717, 1.165) is 22.4 Å². The number of aryl methyl sites for hydroxylation is 1. The van der Waals surface area contributed by atoms with Crippen LogP contribution in [-0.4, -0.2) is 37.8 Å². The van der Waals surface area contributed by atoms with Gasteiger partial charge in [-0.05, 0) is 46.2 Å². The number of amides is 1. The van der Waals surface area contributed by atoms with Crippen molar-refractivity contribution in [1.29, 1.82) is 0 Å². The van der Waals surface area contributed by atoms with Crippen LogP contribution in [0.3, 0.4) is 0 Å². The SMILES string of the molecule is Cc1ccccc1C(O)CNC(=O)Cc1ccc(-n2cnnn2)cc1. The minimum absolute atomic E-state index is 0.136. The van der Waals surface area contributed by atoms with Crippen LogP contribution in [0.1, 0.15) is 22.8 Å². The molecule has 0 aliphatic carbocycles. The number of hydrogen-bond donors (Lipinski definition) is 2. The van der Waals surface area contributed by atoms with E-state index in [1.807, 2.05) is 55.5 Å². The molecule has 1 heterocycles. The third kappa shape index (κ3) is 4.27. The van der Waals surface area contributed by atoms with Crippen LogP contribution in [0.4, 0.5) is 0 Å². The molecule has 0 aliphatic heterocycles. The molecule has 3 rings (SSSR count). The molecule has 1 amide bonds. The number of benzene rings is 2. The Balaban J connectivity index is 1.53. The Kier molecular flexibility index (Phi) is 5.15. The quantitative estimate of drug-likeness (QED) is 0.708. The number of aliphatic hydroxyl groups is 1. The number of aliphatic hydroxyl groups excluding tert-OH is 1. The smallest absolute Gasteiger partial charge is 0.224 e. The molecule has 1 atom stereocenters. The van der Waals surface area contributed by atoms with E-state index in [2.05, 4.69) is 20.8 Å². The molecule has 0 aliphatic rings. The van der Waals surface area contributed by atoms with E-state index in [-0.39, 0.29) is 18.9 Å². The fraction of sp³-hybridized carbons (Fsp3) is 0.222. The Morgan fingerprint density at radius 2 is 1.96 bits per heavy atom. The lowest BCUT2D eigenvalue weighted by Crippen LogP contribution is -2.29. The molecular weight excluding hydrogens is 318 g/mol. The molecule has 1 unspecified atom stereocenters. The topological polar surface area (TPSA) is 92.9 Å². The van der Waals surface area contributed by atoms with E-state index in [4.69, 9.17) is 0 Å². The largest absolute Gasteiger partial charge is 0.387 e. The van der Waals surface area contributed by atoms with Gasteiger partial charge < -0.3 is 10.4 Å². The Labute approximate surface area is 145 Å². The summed E-state index contributed by atoms with van der Waals surface area (Å²) in [6, 6.07) is 15.0. The van der Waals surface area contributed by atoms with Gasteiger partial charge >= 0.3 is 0 Å². The summed E-state index contributed by atoms with van der Waals surface area (Å²) in [6.07, 6.45) is 1.04. The number of tetrazole rings is 1. The van der Waals surface area contributed by atoms with E-state index < -0.39 is 6.10 Å². The summed E-state index contributed by atoms with van der Waals surface area (Å²) in [5, 5.41) is 24.0. The molecule has 1 aromatic heterocycles.